The van der Waals surface area contributed by atoms with Gasteiger partial charge in [-0.25, -0.2) is 13.2 Å². The number of fused-ring (bicyclic) bond motifs is 2. The van der Waals surface area contributed by atoms with Crippen molar-refractivity contribution in [1.29, 1.82) is 5.41 Å². The first kappa shape index (κ1) is 18.4. The highest BCUT2D eigenvalue weighted by molar-refractivity contribution is 7.90. The summed E-state index contributed by atoms with van der Waals surface area (Å²) in [5.74, 6) is -0.313. The number of hydrogen-bond donors (Lipinski definition) is 3. The van der Waals surface area contributed by atoms with Gasteiger partial charge in [-0.1, -0.05) is 12.8 Å². The number of piperidine rings is 1. The van der Waals surface area contributed by atoms with Gasteiger partial charge in [0, 0.05) is 6.54 Å². The average Bonchev–Trinajstić information content (AvgIpc) is 3.11. The molecular weight excluding hydrogens is 376 g/mol. The molecule has 11 nitrogen and oxygen atoms in total. The number of hydrogen-bond acceptors (Lipinski definition) is 7. The number of rotatable bonds is 5. The van der Waals surface area contributed by atoms with E-state index in [-0.39, 0.29) is 18.8 Å². The van der Waals surface area contributed by atoms with Crippen LogP contribution in [-0.2, 0) is 24.7 Å². The van der Waals surface area contributed by atoms with Gasteiger partial charge < -0.3 is 4.90 Å². The maximum absolute atomic E-state index is 12.3. The highest BCUT2D eigenvalue weighted by Crippen LogP contribution is 2.31. The van der Waals surface area contributed by atoms with Gasteiger partial charge in [-0.3, -0.25) is 14.7 Å². The smallest absolute Gasteiger partial charge is 0.310 e. The Hall–Kier alpha value is -1.44. The fraction of sp³-hybridized carbons (Fsp3) is 0.833. The molecule has 2 atom stereocenters. The molecule has 2 amide bonds. The Morgan fingerprint density at radius 1 is 1.16 bits per heavy atom. The summed E-state index contributed by atoms with van der Waals surface area (Å²) < 4.78 is 61.7. The molecule has 0 unspecified atom stereocenters. The van der Waals surface area contributed by atoms with Gasteiger partial charge in [0.05, 0.1) is 17.3 Å². The van der Waals surface area contributed by atoms with Crippen molar-refractivity contribution in [3.8, 4) is 0 Å². The van der Waals surface area contributed by atoms with Crippen molar-refractivity contribution in [3.63, 3.8) is 0 Å². The Labute approximate surface area is 145 Å². The average molecular weight is 396 g/mol. The van der Waals surface area contributed by atoms with Gasteiger partial charge in [-0.2, -0.15) is 13.5 Å². The second-order valence-corrected chi connectivity index (χ2v) is 9.44. The minimum Gasteiger partial charge on any atom is -0.310 e. The molecule has 2 aliphatic heterocycles. The van der Waals surface area contributed by atoms with E-state index in [9.17, 15) is 21.6 Å². The van der Waals surface area contributed by atoms with Gasteiger partial charge >= 0.3 is 16.4 Å². The monoisotopic (exact) mass is 396 g/mol. The Morgan fingerprint density at radius 2 is 1.80 bits per heavy atom. The number of sulfonamides is 1. The van der Waals surface area contributed by atoms with E-state index in [1.165, 1.54) is 4.90 Å². The maximum atomic E-state index is 12.3. The number of urea groups is 1. The van der Waals surface area contributed by atoms with E-state index in [0.717, 1.165) is 12.8 Å². The second kappa shape index (κ2) is 6.37. The molecule has 1 saturated carbocycles. The quantitative estimate of drug-likeness (QED) is 0.331. The van der Waals surface area contributed by atoms with E-state index in [4.69, 9.17) is 9.96 Å². The van der Waals surface area contributed by atoms with Crippen LogP contribution in [0.15, 0.2) is 0 Å². The molecule has 0 aromatic rings. The van der Waals surface area contributed by atoms with Gasteiger partial charge in [0.2, 0.25) is 10.0 Å². The summed E-state index contributed by atoms with van der Waals surface area (Å²) in [7, 11) is -8.52. The lowest BCUT2D eigenvalue weighted by Crippen LogP contribution is -2.51. The Kier molecular flexibility index (Phi) is 4.68. The summed E-state index contributed by atoms with van der Waals surface area (Å²) in [4.78, 5) is 13.5. The number of amides is 2. The van der Waals surface area contributed by atoms with E-state index in [2.05, 4.69) is 9.01 Å². The summed E-state index contributed by atoms with van der Waals surface area (Å²) in [5.41, 5.74) is 0. The third-order valence-electron chi connectivity index (χ3n) is 4.82. The molecule has 3 rings (SSSR count). The summed E-state index contributed by atoms with van der Waals surface area (Å²) >= 11 is 0. The Bertz CT molecular complexity index is 775. The minimum absolute atomic E-state index is 0.0898. The van der Waals surface area contributed by atoms with Crippen LogP contribution < -0.4 is 4.72 Å². The normalized spacial score (nSPS) is 27.8. The minimum atomic E-state index is -4.84. The number of amidine groups is 1. The van der Waals surface area contributed by atoms with Gasteiger partial charge in [0.15, 0.2) is 0 Å². The van der Waals surface area contributed by atoms with Crippen molar-refractivity contribution >= 4 is 32.3 Å². The van der Waals surface area contributed by atoms with Crippen LogP contribution in [0.2, 0.25) is 0 Å². The molecular formula is C12H20N4O7S2. The zero-order chi connectivity index (χ0) is 18.4. The van der Waals surface area contributed by atoms with Crippen molar-refractivity contribution in [2.45, 2.75) is 55.9 Å². The Balaban J connectivity index is 1.70. The van der Waals surface area contributed by atoms with Crippen molar-refractivity contribution < 1.29 is 30.5 Å². The topological polar surface area (TPSA) is 157 Å². The molecule has 0 radical (unpaired) electrons. The van der Waals surface area contributed by atoms with Crippen LogP contribution in [0.25, 0.3) is 0 Å². The summed E-state index contributed by atoms with van der Waals surface area (Å²) in [5, 5.41) is 8.11. The predicted molar refractivity (Wildman–Crippen MR) is 85.4 cm³/mol. The number of carbonyl (C=O) groups is 1. The molecule has 0 aromatic carbocycles. The molecule has 0 aromatic heterocycles. The van der Waals surface area contributed by atoms with Gasteiger partial charge in [0.1, 0.15) is 5.84 Å². The van der Waals surface area contributed by atoms with Gasteiger partial charge in [0.25, 0.3) is 0 Å². The number of carbonyl (C=O) groups excluding carboxylic acids is 1. The van der Waals surface area contributed by atoms with E-state index in [1.807, 2.05) is 0 Å². The van der Waals surface area contributed by atoms with Gasteiger partial charge in [-0.15, -0.1) is 4.28 Å². The molecule has 25 heavy (non-hydrogen) atoms. The predicted octanol–water partition coefficient (Wildman–Crippen LogP) is -0.171. The summed E-state index contributed by atoms with van der Waals surface area (Å²) in [6.07, 6.45) is 3.36. The molecule has 3 aliphatic rings. The maximum Gasteiger partial charge on any atom is 0.418 e. The molecule has 142 valence electrons. The van der Waals surface area contributed by atoms with Crippen molar-refractivity contribution in [2.75, 3.05) is 6.54 Å². The van der Waals surface area contributed by atoms with Crippen LogP contribution in [0, 0.1) is 5.41 Å². The first-order chi connectivity index (χ1) is 11.6. The highest BCUT2D eigenvalue weighted by Gasteiger charge is 2.49. The van der Waals surface area contributed by atoms with Crippen LogP contribution in [0.3, 0.4) is 0 Å². The van der Waals surface area contributed by atoms with E-state index in [1.54, 1.807) is 0 Å². The van der Waals surface area contributed by atoms with Gasteiger partial charge in [-0.05, 0) is 25.7 Å². The molecule has 0 spiro atoms. The van der Waals surface area contributed by atoms with E-state index in [0.29, 0.717) is 24.3 Å². The number of nitrogens with one attached hydrogen (secondary N) is 2. The first-order valence-electron chi connectivity index (χ1n) is 7.95. The lowest BCUT2D eigenvalue weighted by Gasteiger charge is -2.31. The van der Waals surface area contributed by atoms with Crippen molar-refractivity contribution in [3.05, 3.63) is 0 Å². The second-order valence-electron chi connectivity index (χ2n) is 6.48. The SMILES string of the molecule is N=C(NS(=O)(=O)C1CCCC1)[C@@H]1CC[C@@H]2CN1C(=O)N2OS(=O)(=O)O. The standard InChI is InChI=1S/C12H20N4O7S2/c13-11(14-24(18,19)9-3-1-2-4-9)10-6-5-8-7-15(10)12(17)16(8)23-25(20,21)22/h8-10H,1-7H2,(H2,13,14)(H,20,21,22)/t8-,10+/m1/s1. The lowest BCUT2D eigenvalue weighted by atomic mass is 10.0. The third-order valence-corrected chi connectivity index (χ3v) is 7.03. The van der Waals surface area contributed by atoms with E-state index >= 15 is 0 Å². The van der Waals surface area contributed by atoms with Crippen molar-refractivity contribution in [2.24, 2.45) is 0 Å². The van der Waals surface area contributed by atoms with Crippen molar-refractivity contribution in [1.82, 2.24) is 14.7 Å². The fourth-order valence-electron chi connectivity index (χ4n) is 3.63. The molecule has 1 aliphatic carbocycles. The molecule has 2 bridgehead atoms. The zero-order valence-corrected chi connectivity index (χ0v) is 14.9. The fourth-order valence-corrected chi connectivity index (χ4v) is 5.59. The molecule has 2 heterocycles. The highest BCUT2D eigenvalue weighted by atomic mass is 32.3. The molecule has 2 saturated heterocycles. The largest absolute Gasteiger partial charge is 0.418 e. The lowest BCUT2D eigenvalue weighted by molar-refractivity contribution is -0.0316. The van der Waals surface area contributed by atoms with Crippen LogP contribution >= 0.6 is 0 Å². The van der Waals surface area contributed by atoms with Crippen LogP contribution in [0.5, 0.6) is 0 Å². The zero-order valence-electron chi connectivity index (χ0n) is 13.3. The summed E-state index contributed by atoms with van der Waals surface area (Å²) in [6, 6.07) is -2.21. The van der Waals surface area contributed by atoms with Crippen LogP contribution in [0.4, 0.5) is 4.79 Å². The molecule has 13 heteroatoms. The summed E-state index contributed by atoms with van der Waals surface area (Å²) in [6.45, 7) is 0.0898. The molecule has 3 N–H and O–H groups in total. The van der Waals surface area contributed by atoms with Crippen LogP contribution in [-0.4, -0.2) is 67.1 Å². The molecule has 3 fully saturated rings. The number of hydroxylamine groups is 2. The number of nitrogens with zero attached hydrogens (tertiary/aromatic N) is 2. The van der Waals surface area contributed by atoms with Crippen LogP contribution in [0.1, 0.15) is 38.5 Å². The first-order valence-corrected chi connectivity index (χ1v) is 10.9. The third kappa shape index (κ3) is 3.73. The van der Waals surface area contributed by atoms with E-state index < -0.39 is 43.8 Å². The Morgan fingerprint density at radius 3 is 2.40 bits per heavy atom.